The van der Waals surface area contributed by atoms with Crippen LogP contribution in [0.15, 0.2) is 69.1 Å². The van der Waals surface area contributed by atoms with Gasteiger partial charge in [0.2, 0.25) is 0 Å². The number of carbonyl (C=O) groups is 2. The summed E-state index contributed by atoms with van der Waals surface area (Å²) in [6, 6.07) is 14.9. The summed E-state index contributed by atoms with van der Waals surface area (Å²) in [7, 11) is 1.93. The number of amides is 1. The molecule has 1 unspecified atom stereocenters. The van der Waals surface area contributed by atoms with Crippen LogP contribution in [0.3, 0.4) is 0 Å². The van der Waals surface area contributed by atoms with E-state index in [1.165, 1.54) is 4.90 Å². The quantitative estimate of drug-likeness (QED) is 0.310. The summed E-state index contributed by atoms with van der Waals surface area (Å²) in [5, 5.41) is 11.3. The van der Waals surface area contributed by atoms with E-state index in [1.807, 2.05) is 18.0 Å². The number of halogens is 1. The van der Waals surface area contributed by atoms with Crippen LogP contribution in [0.1, 0.15) is 23.1 Å². The van der Waals surface area contributed by atoms with Crippen LogP contribution in [0.5, 0.6) is 5.75 Å². The minimum Gasteiger partial charge on any atom is -0.507 e. The first kappa shape index (κ1) is 21.3. The number of furan rings is 1. The lowest BCUT2D eigenvalue weighted by Gasteiger charge is -2.28. The van der Waals surface area contributed by atoms with E-state index in [0.29, 0.717) is 41.7 Å². The number of hydrogen-bond donors (Lipinski definition) is 1. The Morgan fingerprint density at radius 3 is 2.67 bits per heavy atom. The Hall–Kier alpha value is -3.52. The molecule has 0 aliphatic carbocycles. The number of ketones is 1. The van der Waals surface area contributed by atoms with Crippen molar-refractivity contribution in [1.82, 2.24) is 0 Å². The molecule has 1 saturated heterocycles. The van der Waals surface area contributed by atoms with Gasteiger partial charge >= 0.3 is 0 Å². The molecule has 3 aromatic rings. The molecule has 8 heteroatoms. The van der Waals surface area contributed by atoms with E-state index in [-0.39, 0.29) is 11.3 Å². The summed E-state index contributed by atoms with van der Waals surface area (Å²) in [4.78, 5) is 29.8. The molecule has 168 valence electrons. The molecular weight excluding hydrogens is 488 g/mol. The highest BCUT2D eigenvalue weighted by molar-refractivity contribution is 9.10. The van der Waals surface area contributed by atoms with Crippen LogP contribution in [0, 0.1) is 6.92 Å². The molecule has 5 rings (SSSR count). The lowest BCUT2D eigenvalue weighted by molar-refractivity contribution is -0.132. The number of rotatable bonds is 3. The third-order valence-corrected chi connectivity index (χ3v) is 6.38. The first-order valence-corrected chi connectivity index (χ1v) is 11.3. The van der Waals surface area contributed by atoms with Crippen molar-refractivity contribution < 1.29 is 23.8 Å². The van der Waals surface area contributed by atoms with Gasteiger partial charge in [-0.1, -0.05) is 22.0 Å². The van der Waals surface area contributed by atoms with Crippen molar-refractivity contribution in [2.75, 3.05) is 30.0 Å². The smallest absolute Gasteiger partial charge is 0.300 e. The largest absolute Gasteiger partial charge is 0.507 e. The lowest BCUT2D eigenvalue weighted by atomic mass is 9.98. The molecule has 0 spiro atoms. The minimum atomic E-state index is -0.905. The monoisotopic (exact) mass is 508 g/mol. The Labute approximate surface area is 199 Å². The van der Waals surface area contributed by atoms with Gasteiger partial charge in [-0.3, -0.25) is 14.5 Å². The van der Waals surface area contributed by atoms with Crippen LogP contribution in [0.2, 0.25) is 0 Å². The van der Waals surface area contributed by atoms with Gasteiger partial charge in [-0.25, -0.2) is 0 Å². The summed E-state index contributed by atoms with van der Waals surface area (Å²) in [5.41, 5.74) is 1.72. The number of aliphatic hydroxyl groups excluding tert-OH is 1. The zero-order valence-electron chi connectivity index (χ0n) is 18.0. The molecule has 0 radical (unpaired) electrons. The van der Waals surface area contributed by atoms with Gasteiger partial charge in [-0.2, -0.15) is 0 Å². The highest BCUT2D eigenvalue weighted by Gasteiger charge is 2.48. The summed E-state index contributed by atoms with van der Waals surface area (Å²) in [6.45, 7) is 3.06. The van der Waals surface area contributed by atoms with E-state index < -0.39 is 17.7 Å². The van der Waals surface area contributed by atoms with Gasteiger partial charge in [-0.05, 0) is 55.5 Å². The first-order valence-electron chi connectivity index (χ1n) is 10.5. The van der Waals surface area contributed by atoms with Gasteiger partial charge in [0.15, 0.2) is 0 Å². The number of aryl methyl sites for hydroxylation is 1. The molecule has 3 heterocycles. The van der Waals surface area contributed by atoms with Crippen molar-refractivity contribution in [3.05, 3.63) is 81.7 Å². The fourth-order valence-electron chi connectivity index (χ4n) is 4.25. The standard InChI is InChI=1S/C25H21BrN2O5/c1-14-6-8-20(33-14)22-21(24(30)25(31)28(22)17-5-3-4-16(26)13-17)23(29)15-7-9-19-18(12-15)27(2)10-11-32-19/h3-9,12-13,22,29H,10-11H2,1-2H3/b23-21-. The summed E-state index contributed by atoms with van der Waals surface area (Å²) in [6.07, 6.45) is 0. The van der Waals surface area contributed by atoms with E-state index in [0.717, 1.165) is 10.2 Å². The van der Waals surface area contributed by atoms with Gasteiger partial charge in [0.1, 0.15) is 35.7 Å². The maximum Gasteiger partial charge on any atom is 0.300 e. The number of fused-ring (bicyclic) bond motifs is 1. The molecule has 1 aromatic heterocycles. The van der Waals surface area contributed by atoms with Crippen molar-refractivity contribution >= 4 is 44.8 Å². The van der Waals surface area contributed by atoms with Gasteiger partial charge in [0.25, 0.3) is 11.7 Å². The third-order valence-electron chi connectivity index (χ3n) is 5.89. The average Bonchev–Trinajstić information content (AvgIpc) is 3.34. The fraction of sp³-hybridized carbons (Fsp3) is 0.200. The highest BCUT2D eigenvalue weighted by atomic mass is 79.9. The number of nitrogens with zero attached hydrogens (tertiary/aromatic N) is 2. The second-order valence-electron chi connectivity index (χ2n) is 8.05. The van der Waals surface area contributed by atoms with Crippen molar-refractivity contribution in [3.63, 3.8) is 0 Å². The number of aliphatic hydroxyl groups is 1. The maximum absolute atomic E-state index is 13.2. The molecule has 33 heavy (non-hydrogen) atoms. The summed E-state index contributed by atoms with van der Waals surface area (Å²) >= 11 is 3.42. The zero-order chi connectivity index (χ0) is 23.3. The number of ether oxygens (including phenoxy) is 1. The Morgan fingerprint density at radius 1 is 1.12 bits per heavy atom. The molecule has 1 amide bonds. The molecule has 1 fully saturated rings. The van der Waals surface area contributed by atoms with E-state index in [2.05, 4.69) is 15.9 Å². The third kappa shape index (κ3) is 3.60. The number of hydrogen-bond acceptors (Lipinski definition) is 6. The van der Waals surface area contributed by atoms with E-state index >= 15 is 0 Å². The molecule has 0 saturated carbocycles. The SMILES string of the molecule is Cc1ccc(C2/C(=C(/O)c3ccc4c(c3)N(C)CCO4)C(=O)C(=O)N2c2cccc(Br)c2)o1. The number of anilines is 2. The van der Waals surface area contributed by atoms with Crippen molar-refractivity contribution in [3.8, 4) is 5.75 Å². The predicted octanol–water partition coefficient (Wildman–Crippen LogP) is 4.81. The topological polar surface area (TPSA) is 83.2 Å². The molecule has 1 N–H and O–H groups in total. The zero-order valence-corrected chi connectivity index (χ0v) is 19.6. The highest BCUT2D eigenvalue weighted by Crippen LogP contribution is 2.44. The van der Waals surface area contributed by atoms with Gasteiger partial charge in [0.05, 0.1) is 17.8 Å². The van der Waals surface area contributed by atoms with Crippen molar-refractivity contribution in [1.29, 1.82) is 0 Å². The summed E-state index contributed by atoms with van der Waals surface area (Å²) < 4.78 is 12.3. The molecule has 0 bridgehead atoms. The van der Waals surface area contributed by atoms with E-state index in [4.69, 9.17) is 9.15 Å². The molecule has 2 aromatic carbocycles. The molecule has 2 aliphatic heterocycles. The van der Waals surface area contributed by atoms with Gasteiger partial charge < -0.3 is 19.2 Å². The Bertz CT molecular complexity index is 1310. The Balaban J connectivity index is 1.69. The van der Waals surface area contributed by atoms with Crippen LogP contribution in [0.25, 0.3) is 5.76 Å². The predicted molar refractivity (Wildman–Crippen MR) is 128 cm³/mol. The maximum atomic E-state index is 13.2. The molecule has 7 nitrogen and oxygen atoms in total. The molecule has 2 aliphatic rings. The van der Waals surface area contributed by atoms with Crippen LogP contribution < -0.4 is 14.5 Å². The van der Waals surface area contributed by atoms with Crippen molar-refractivity contribution in [2.24, 2.45) is 0 Å². The van der Waals surface area contributed by atoms with Crippen LogP contribution in [-0.4, -0.2) is 37.0 Å². The first-order chi connectivity index (χ1) is 15.8. The number of benzene rings is 2. The number of Topliss-reactive ketones (excluding diaryl/α,β-unsaturated/α-hetero) is 1. The fourth-order valence-corrected chi connectivity index (χ4v) is 4.64. The molecular formula is C25H21BrN2O5. The number of carbonyl (C=O) groups excluding carboxylic acids is 2. The Morgan fingerprint density at radius 2 is 1.94 bits per heavy atom. The van der Waals surface area contributed by atoms with E-state index in [9.17, 15) is 14.7 Å². The van der Waals surface area contributed by atoms with Gasteiger partial charge in [-0.15, -0.1) is 0 Å². The minimum absolute atomic E-state index is 0.0198. The van der Waals surface area contributed by atoms with Crippen LogP contribution >= 0.6 is 15.9 Å². The molecule has 1 atom stereocenters. The van der Waals surface area contributed by atoms with Crippen LogP contribution in [0.4, 0.5) is 11.4 Å². The Kier molecular flexibility index (Phi) is 5.25. The van der Waals surface area contributed by atoms with Crippen LogP contribution in [-0.2, 0) is 9.59 Å². The van der Waals surface area contributed by atoms with Gasteiger partial charge in [0, 0.05) is 22.8 Å². The normalized spacial score (nSPS) is 19.5. The number of likely N-dealkylation sites (N-methyl/N-ethyl adjacent to an activating group) is 1. The second-order valence-corrected chi connectivity index (χ2v) is 8.97. The summed E-state index contributed by atoms with van der Waals surface area (Å²) in [5.74, 6) is -0.0234. The lowest BCUT2D eigenvalue weighted by Crippen LogP contribution is -2.29. The van der Waals surface area contributed by atoms with Crippen molar-refractivity contribution in [2.45, 2.75) is 13.0 Å². The van der Waals surface area contributed by atoms with E-state index in [1.54, 1.807) is 55.5 Å². The second kappa shape index (κ2) is 8.12. The average molecular weight is 509 g/mol.